The van der Waals surface area contributed by atoms with E-state index >= 15 is 0 Å². The lowest BCUT2D eigenvalue weighted by molar-refractivity contribution is -0.134. The summed E-state index contributed by atoms with van der Waals surface area (Å²) in [4.78, 5) is 29.8. The lowest BCUT2D eigenvalue weighted by atomic mass is 9.76. The van der Waals surface area contributed by atoms with Crippen LogP contribution in [0.1, 0.15) is 64.2 Å². The Labute approximate surface area is 195 Å². The van der Waals surface area contributed by atoms with Gasteiger partial charge in [0.25, 0.3) is 0 Å². The fourth-order valence-corrected chi connectivity index (χ4v) is 5.73. The summed E-state index contributed by atoms with van der Waals surface area (Å²) >= 11 is 0. The normalized spacial score (nSPS) is 39.0. The van der Waals surface area contributed by atoms with E-state index in [1.165, 1.54) is 6.42 Å². The summed E-state index contributed by atoms with van der Waals surface area (Å²) < 4.78 is 0. The molecule has 4 aliphatic rings. The van der Waals surface area contributed by atoms with Gasteiger partial charge in [-0.15, -0.1) is 0 Å². The predicted octanol–water partition coefficient (Wildman–Crippen LogP) is -1.07. The molecule has 7 unspecified atom stereocenters. The zero-order valence-corrected chi connectivity index (χ0v) is 19.2. The van der Waals surface area contributed by atoms with Gasteiger partial charge >= 0.3 is 0 Å². The van der Waals surface area contributed by atoms with Crippen LogP contribution in [0.3, 0.4) is 0 Å². The second-order valence-corrected chi connectivity index (χ2v) is 10.0. The molecule has 0 aromatic carbocycles. The Kier molecular flexibility index (Phi) is 8.91. The summed E-state index contributed by atoms with van der Waals surface area (Å²) in [5, 5.41) is 29.5. The lowest BCUT2D eigenvalue weighted by Gasteiger charge is -2.41. The molecule has 7 atom stereocenters. The maximum absolute atomic E-state index is 12.2. The summed E-state index contributed by atoms with van der Waals surface area (Å²) in [6.45, 7) is 1.35. The molecular weight excluding hydrogens is 428 g/mol. The maximum Gasteiger partial charge on any atom is 0.237 e. The van der Waals surface area contributed by atoms with Crippen molar-refractivity contribution in [2.75, 3.05) is 13.1 Å². The Bertz CT molecular complexity index is 659. The monoisotopic (exact) mass is 468 g/mol. The van der Waals surface area contributed by atoms with Crippen molar-refractivity contribution in [3.05, 3.63) is 0 Å². The molecule has 2 amide bonds. The summed E-state index contributed by atoms with van der Waals surface area (Å²) in [7, 11) is 0. The molecule has 4 rings (SSSR count). The molecular formula is C22H40N6O5. The van der Waals surface area contributed by atoms with Gasteiger partial charge in [0.05, 0.1) is 24.5 Å². The van der Waals surface area contributed by atoms with Crippen molar-refractivity contribution >= 4 is 11.8 Å². The van der Waals surface area contributed by atoms with Crippen LogP contribution in [0.15, 0.2) is 0 Å². The van der Waals surface area contributed by atoms with Gasteiger partial charge in [0.2, 0.25) is 11.8 Å². The zero-order chi connectivity index (χ0) is 23.2. The van der Waals surface area contributed by atoms with Crippen molar-refractivity contribution in [2.45, 2.75) is 95.0 Å². The molecule has 0 radical (unpaired) electrons. The predicted molar refractivity (Wildman–Crippen MR) is 120 cm³/mol. The third kappa shape index (κ3) is 6.84. The van der Waals surface area contributed by atoms with Crippen LogP contribution in [0.4, 0.5) is 0 Å². The van der Waals surface area contributed by atoms with Gasteiger partial charge in [-0.05, 0) is 57.4 Å². The number of hydroxylamine groups is 1. The highest BCUT2D eigenvalue weighted by atomic mass is 16.7. The Morgan fingerprint density at radius 1 is 1.09 bits per heavy atom. The van der Waals surface area contributed by atoms with Gasteiger partial charge < -0.3 is 20.8 Å². The van der Waals surface area contributed by atoms with Crippen LogP contribution in [0.25, 0.3) is 0 Å². The Morgan fingerprint density at radius 3 is 2.70 bits per heavy atom. The van der Waals surface area contributed by atoms with Crippen molar-refractivity contribution < 1.29 is 24.6 Å². The van der Waals surface area contributed by atoms with E-state index in [0.717, 1.165) is 32.2 Å². The van der Waals surface area contributed by atoms with Crippen molar-refractivity contribution in [3.8, 4) is 0 Å². The van der Waals surface area contributed by atoms with Crippen molar-refractivity contribution in [2.24, 2.45) is 17.8 Å². The van der Waals surface area contributed by atoms with Crippen LogP contribution in [0, 0.1) is 17.8 Å². The highest BCUT2D eigenvalue weighted by Crippen LogP contribution is 2.33. The van der Waals surface area contributed by atoms with Crippen LogP contribution in [0.5, 0.6) is 0 Å². The van der Waals surface area contributed by atoms with E-state index in [-0.39, 0.29) is 42.2 Å². The van der Waals surface area contributed by atoms with Gasteiger partial charge in [-0.2, -0.15) is 5.48 Å². The number of carbonyl (C=O) groups excluding carboxylic acids is 2. The van der Waals surface area contributed by atoms with Crippen LogP contribution in [-0.2, 0) is 14.4 Å². The van der Waals surface area contributed by atoms with Crippen molar-refractivity contribution in [3.63, 3.8) is 0 Å². The van der Waals surface area contributed by atoms with Gasteiger partial charge in [-0.25, -0.2) is 5.43 Å². The maximum atomic E-state index is 12.2. The molecule has 0 aromatic heterocycles. The number of rotatable bonds is 9. The van der Waals surface area contributed by atoms with Crippen LogP contribution >= 0.6 is 0 Å². The minimum atomic E-state index is -0.488. The largest absolute Gasteiger partial charge is 0.393 e. The Balaban J connectivity index is 1.06. The van der Waals surface area contributed by atoms with Gasteiger partial charge in [0.15, 0.2) is 0 Å². The van der Waals surface area contributed by atoms with E-state index in [9.17, 15) is 19.8 Å². The van der Waals surface area contributed by atoms with E-state index in [0.29, 0.717) is 44.6 Å². The quantitative estimate of drug-likeness (QED) is 0.197. The first kappa shape index (κ1) is 24.8. The average molecular weight is 469 g/mol. The van der Waals surface area contributed by atoms with Gasteiger partial charge in [0.1, 0.15) is 6.23 Å². The summed E-state index contributed by atoms with van der Waals surface area (Å²) in [6.07, 6.45) is 6.41. The highest BCUT2D eigenvalue weighted by molar-refractivity contribution is 5.79. The summed E-state index contributed by atoms with van der Waals surface area (Å²) in [5.41, 5.74) is 8.84. The molecule has 2 aliphatic carbocycles. The molecule has 0 spiro atoms. The van der Waals surface area contributed by atoms with Crippen LogP contribution < -0.4 is 32.3 Å². The standard InChI is InChI=1S/C22H40N6O5/c29-14-10-13(11-15(30)12-14)20-25-19(33-28-20)7-6-18(31)23-8-3-9-24-21-16-4-1-2-5-17(16)22(32)27-26-21/h13-17,19-21,24-26,28-30H,1-12H2,(H,23,31)(H,27,32). The minimum Gasteiger partial charge on any atom is -0.393 e. The fraction of sp³-hybridized carbons (Fsp3) is 0.909. The molecule has 0 aromatic rings. The Hall–Kier alpha value is -1.34. The van der Waals surface area contributed by atoms with E-state index in [2.05, 4.69) is 32.3 Å². The average Bonchev–Trinajstić information content (AvgIpc) is 3.28. The lowest BCUT2D eigenvalue weighted by Crippen LogP contribution is -2.64. The number of hydrogen-bond acceptors (Lipinski definition) is 9. The number of fused-ring (bicyclic) bond motifs is 1. The van der Waals surface area contributed by atoms with Crippen molar-refractivity contribution in [1.29, 1.82) is 0 Å². The summed E-state index contributed by atoms with van der Waals surface area (Å²) in [6, 6.07) is 0. The minimum absolute atomic E-state index is 0.0113. The molecule has 11 heteroatoms. The third-order valence-corrected chi connectivity index (χ3v) is 7.48. The number of carbonyl (C=O) groups is 2. The van der Waals surface area contributed by atoms with Crippen molar-refractivity contribution in [1.82, 2.24) is 32.3 Å². The first-order chi connectivity index (χ1) is 16.0. The fourth-order valence-electron chi connectivity index (χ4n) is 5.73. The summed E-state index contributed by atoms with van der Waals surface area (Å²) in [5.74, 6) is 0.624. The number of hydrazine groups is 1. The third-order valence-electron chi connectivity index (χ3n) is 7.48. The smallest absolute Gasteiger partial charge is 0.237 e. The van der Waals surface area contributed by atoms with E-state index in [1.54, 1.807) is 0 Å². The van der Waals surface area contributed by atoms with E-state index in [1.807, 2.05) is 0 Å². The second-order valence-electron chi connectivity index (χ2n) is 10.0. The SMILES string of the molecule is O=C(CCC1NC(C2CC(O)CC(O)C2)NO1)NCCCNC1NNC(=O)C2CCCCC12. The molecule has 4 fully saturated rings. The Morgan fingerprint density at radius 2 is 1.88 bits per heavy atom. The molecule has 11 nitrogen and oxygen atoms in total. The number of nitrogens with one attached hydrogen (secondary N) is 6. The number of aliphatic hydroxyl groups excluding tert-OH is 2. The van der Waals surface area contributed by atoms with E-state index < -0.39 is 12.2 Å². The number of hydrogen-bond donors (Lipinski definition) is 8. The van der Waals surface area contributed by atoms with Crippen LogP contribution in [0.2, 0.25) is 0 Å². The first-order valence-corrected chi connectivity index (χ1v) is 12.6. The van der Waals surface area contributed by atoms with Gasteiger partial charge in [0, 0.05) is 24.8 Å². The highest BCUT2D eigenvalue weighted by Gasteiger charge is 2.39. The topological polar surface area (TPSA) is 156 Å². The van der Waals surface area contributed by atoms with Crippen LogP contribution in [-0.4, -0.2) is 65.9 Å². The molecule has 8 N–H and O–H groups in total. The molecule has 2 saturated carbocycles. The molecule has 2 heterocycles. The molecule has 0 bridgehead atoms. The molecule has 2 saturated heterocycles. The number of amides is 2. The molecule has 188 valence electrons. The van der Waals surface area contributed by atoms with Gasteiger partial charge in [-0.3, -0.25) is 25.2 Å². The first-order valence-electron chi connectivity index (χ1n) is 12.6. The molecule has 2 aliphatic heterocycles. The number of aliphatic hydroxyl groups is 2. The molecule has 33 heavy (non-hydrogen) atoms. The van der Waals surface area contributed by atoms with E-state index in [4.69, 9.17) is 4.84 Å². The zero-order valence-electron chi connectivity index (χ0n) is 19.2. The second kappa shape index (κ2) is 11.9. The van der Waals surface area contributed by atoms with Gasteiger partial charge in [-0.1, -0.05) is 12.8 Å².